The van der Waals surface area contributed by atoms with Gasteiger partial charge in [-0.1, -0.05) is 0 Å². The van der Waals surface area contributed by atoms with Crippen molar-refractivity contribution in [1.29, 1.82) is 0 Å². The first-order chi connectivity index (χ1) is 4.70. The fourth-order valence-electron chi connectivity index (χ4n) is 1.07. The minimum atomic E-state index is -0.806. The molecule has 0 bridgehead atoms. The van der Waals surface area contributed by atoms with E-state index >= 15 is 0 Å². The Morgan fingerprint density at radius 1 is 1.80 bits per heavy atom. The van der Waals surface area contributed by atoms with Gasteiger partial charge in [0.25, 0.3) is 0 Å². The van der Waals surface area contributed by atoms with E-state index in [0.29, 0.717) is 13.0 Å². The highest BCUT2D eigenvalue weighted by atomic mass is 16.5. The van der Waals surface area contributed by atoms with Gasteiger partial charge in [-0.3, -0.25) is 4.79 Å². The average molecular weight is 145 g/mol. The lowest BCUT2D eigenvalue weighted by molar-refractivity contribution is -0.920. The van der Waals surface area contributed by atoms with Crippen molar-refractivity contribution in [3.8, 4) is 0 Å². The molecule has 0 aromatic heterocycles. The van der Waals surface area contributed by atoms with Gasteiger partial charge in [-0.2, -0.15) is 0 Å². The first-order valence-electron chi connectivity index (χ1n) is 3.44. The predicted octanol–water partition coefficient (Wildman–Crippen LogP) is -0.994. The highest BCUT2D eigenvalue weighted by Gasteiger charge is 2.26. The van der Waals surface area contributed by atoms with Crippen LogP contribution in [-0.2, 0) is 4.79 Å². The second kappa shape index (κ2) is 2.98. The molecule has 0 aromatic carbocycles. The van der Waals surface area contributed by atoms with E-state index in [-0.39, 0.29) is 17.5 Å². The molecule has 2 atom stereocenters. The highest BCUT2D eigenvalue weighted by molar-refractivity contribution is 5.66. The standard InChI is InChI=1S/C6H11NO3/c8-6(9)2-1-5-3-4-7(5)10/h5,7H,1-4H2,(H,8,9). The molecule has 0 saturated carbocycles. The number of aliphatic carboxylic acids is 1. The van der Waals surface area contributed by atoms with E-state index < -0.39 is 5.97 Å². The van der Waals surface area contributed by atoms with Crippen molar-refractivity contribution >= 4 is 5.97 Å². The molecule has 2 unspecified atom stereocenters. The third-order valence-electron chi connectivity index (χ3n) is 1.90. The maximum absolute atomic E-state index is 10.7. The summed E-state index contributed by atoms with van der Waals surface area (Å²) in [5, 5.41) is 19.1. The molecule has 10 heavy (non-hydrogen) atoms. The molecule has 1 rings (SSSR count). The molecule has 1 aliphatic heterocycles. The van der Waals surface area contributed by atoms with Crippen LogP contribution in [0.3, 0.4) is 0 Å². The number of hydrogen-bond donors (Lipinski definition) is 2. The van der Waals surface area contributed by atoms with E-state index in [1.54, 1.807) is 0 Å². The summed E-state index contributed by atoms with van der Waals surface area (Å²) in [7, 11) is 0. The van der Waals surface area contributed by atoms with Crippen LogP contribution in [0.2, 0.25) is 0 Å². The molecular formula is C6H11NO3. The quantitative estimate of drug-likeness (QED) is 0.501. The summed E-state index contributed by atoms with van der Waals surface area (Å²) in [6.07, 6.45) is 1.57. The minimum absolute atomic E-state index is 0.0658. The van der Waals surface area contributed by atoms with Crippen LogP contribution in [0.15, 0.2) is 0 Å². The molecule has 1 aliphatic rings. The van der Waals surface area contributed by atoms with Crippen molar-refractivity contribution < 1.29 is 15.0 Å². The van der Waals surface area contributed by atoms with Gasteiger partial charge >= 0.3 is 5.97 Å². The monoisotopic (exact) mass is 145 g/mol. The Balaban J connectivity index is 2.08. The van der Waals surface area contributed by atoms with E-state index in [0.717, 1.165) is 6.42 Å². The molecule has 58 valence electrons. The Morgan fingerprint density at radius 3 is 2.80 bits per heavy atom. The second-order valence-electron chi connectivity index (χ2n) is 2.63. The number of hydrogen-bond acceptors (Lipinski definition) is 2. The summed E-state index contributed by atoms with van der Waals surface area (Å²) >= 11 is 0. The molecular weight excluding hydrogens is 134 g/mol. The molecule has 1 fully saturated rings. The molecule has 2 N–H and O–H groups in total. The van der Waals surface area contributed by atoms with Gasteiger partial charge in [0.05, 0.1) is 19.0 Å². The fourth-order valence-corrected chi connectivity index (χ4v) is 1.07. The van der Waals surface area contributed by atoms with Crippen LogP contribution in [0, 0.1) is 5.21 Å². The zero-order valence-electron chi connectivity index (χ0n) is 5.67. The van der Waals surface area contributed by atoms with E-state index in [4.69, 9.17) is 5.11 Å². The number of hydroxylamine groups is 2. The van der Waals surface area contributed by atoms with Crippen LogP contribution in [0.4, 0.5) is 0 Å². The summed E-state index contributed by atoms with van der Waals surface area (Å²) in [5.74, 6) is -0.806. The second-order valence-corrected chi connectivity index (χ2v) is 2.63. The Labute approximate surface area is 59.0 Å². The van der Waals surface area contributed by atoms with E-state index in [2.05, 4.69) is 0 Å². The Kier molecular flexibility index (Phi) is 2.24. The predicted molar refractivity (Wildman–Crippen MR) is 34.5 cm³/mol. The third-order valence-corrected chi connectivity index (χ3v) is 1.90. The van der Waals surface area contributed by atoms with Crippen LogP contribution >= 0.6 is 0 Å². The molecule has 0 aliphatic carbocycles. The maximum Gasteiger partial charge on any atom is 0.303 e. The number of carbonyl (C=O) groups is 1. The smallest absolute Gasteiger partial charge is 0.303 e. The summed E-state index contributed by atoms with van der Waals surface area (Å²) in [5.41, 5.74) is 0. The Hall–Kier alpha value is -0.610. The summed E-state index contributed by atoms with van der Waals surface area (Å²) in [6, 6.07) is 0.0658. The van der Waals surface area contributed by atoms with Gasteiger partial charge in [-0.15, -0.1) is 0 Å². The topological polar surface area (TPSA) is 64.8 Å². The zero-order chi connectivity index (χ0) is 7.56. The maximum atomic E-state index is 10.7. The number of nitrogens with one attached hydrogen (secondary N) is 1. The first-order valence-corrected chi connectivity index (χ1v) is 3.44. The SMILES string of the molecule is O=C(O)CCC1CC[NH+]1[O-]. The van der Waals surface area contributed by atoms with Gasteiger partial charge in [0, 0.05) is 12.8 Å². The average Bonchev–Trinajstić information content (AvgIpc) is 1.84. The minimum Gasteiger partial charge on any atom is -0.634 e. The van der Waals surface area contributed by atoms with Crippen molar-refractivity contribution in [2.75, 3.05) is 6.54 Å². The van der Waals surface area contributed by atoms with Crippen LogP contribution in [0.1, 0.15) is 19.3 Å². The van der Waals surface area contributed by atoms with Gasteiger partial charge in [-0.25, -0.2) is 0 Å². The van der Waals surface area contributed by atoms with Gasteiger partial charge in [0.1, 0.15) is 0 Å². The normalized spacial score (nSPS) is 31.3. The summed E-state index contributed by atoms with van der Waals surface area (Å²) < 4.78 is 0. The zero-order valence-corrected chi connectivity index (χ0v) is 5.67. The molecule has 1 heterocycles. The molecule has 1 saturated heterocycles. The first kappa shape index (κ1) is 7.50. The molecule has 0 spiro atoms. The van der Waals surface area contributed by atoms with Gasteiger partial charge in [0.15, 0.2) is 0 Å². The van der Waals surface area contributed by atoms with Crippen LogP contribution in [0.25, 0.3) is 0 Å². The number of rotatable bonds is 3. The molecule has 0 radical (unpaired) electrons. The van der Waals surface area contributed by atoms with Crippen LogP contribution in [0.5, 0.6) is 0 Å². The highest BCUT2D eigenvalue weighted by Crippen LogP contribution is 2.02. The summed E-state index contributed by atoms with van der Waals surface area (Å²) in [6.45, 7) is 0.657. The van der Waals surface area contributed by atoms with Gasteiger partial charge < -0.3 is 15.4 Å². The largest absolute Gasteiger partial charge is 0.634 e. The molecule has 4 nitrogen and oxygen atoms in total. The lowest BCUT2D eigenvalue weighted by atomic mass is 10.0. The lowest BCUT2D eigenvalue weighted by Gasteiger charge is -2.40. The Bertz CT molecular complexity index is 137. The number of carboxylic acids is 1. The van der Waals surface area contributed by atoms with E-state index in [9.17, 15) is 10.0 Å². The third kappa shape index (κ3) is 1.68. The number of quaternary nitrogens is 1. The van der Waals surface area contributed by atoms with Gasteiger partial charge in [0.2, 0.25) is 0 Å². The van der Waals surface area contributed by atoms with E-state index in [1.807, 2.05) is 0 Å². The molecule has 4 heteroatoms. The van der Waals surface area contributed by atoms with Crippen LogP contribution < -0.4 is 5.06 Å². The van der Waals surface area contributed by atoms with Crippen molar-refractivity contribution in [3.63, 3.8) is 0 Å². The molecule has 0 amide bonds. The van der Waals surface area contributed by atoms with Crippen molar-refractivity contribution in [1.82, 2.24) is 0 Å². The van der Waals surface area contributed by atoms with Gasteiger partial charge in [-0.05, 0) is 0 Å². The lowest BCUT2D eigenvalue weighted by Crippen LogP contribution is -3.17. The van der Waals surface area contributed by atoms with Crippen molar-refractivity contribution in [3.05, 3.63) is 5.21 Å². The van der Waals surface area contributed by atoms with E-state index in [1.165, 1.54) is 0 Å². The fraction of sp³-hybridized carbons (Fsp3) is 0.833. The van der Waals surface area contributed by atoms with Crippen molar-refractivity contribution in [2.24, 2.45) is 0 Å². The van der Waals surface area contributed by atoms with Crippen molar-refractivity contribution in [2.45, 2.75) is 25.3 Å². The van der Waals surface area contributed by atoms with Crippen LogP contribution in [-0.4, -0.2) is 23.7 Å². The summed E-state index contributed by atoms with van der Waals surface area (Å²) in [4.78, 5) is 10.0. The Morgan fingerprint density at radius 2 is 2.50 bits per heavy atom. The molecule has 0 aromatic rings. The number of carboxylic acid groups (broad SMARTS) is 1.